The van der Waals surface area contributed by atoms with Crippen molar-refractivity contribution in [2.24, 2.45) is 5.92 Å². The minimum atomic E-state index is -1.69. The number of unbranched alkanes of at least 4 members (excludes halogenated alkanes) is 62. The second-order valence-corrected chi connectivity index (χ2v) is 30.7. The number of hydrogen-bond donors (Lipinski definition) is 5. The highest BCUT2D eigenvalue weighted by Gasteiger charge is 2.44. The number of ether oxygens (including phenoxy) is 3. The van der Waals surface area contributed by atoms with Crippen LogP contribution in [0.3, 0.4) is 0 Å². The van der Waals surface area contributed by atoms with Crippen molar-refractivity contribution in [1.82, 2.24) is 0 Å². The first-order valence-corrected chi connectivity index (χ1v) is 43.2. The fraction of sp³-hybridized carbons (Fsp3) is 0.953. The molecule has 0 radical (unpaired) electrons. The van der Waals surface area contributed by atoms with Crippen LogP contribution >= 0.6 is 0 Å². The maximum Gasteiger partial charge on any atom is 0.311 e. The van der Waals surface area contributed by atoms with E-state index in [1.54, 1.807) is 0 Å². The number of aliphatic hydroxyl groups is 5. The summed E-state index contributed by atoms with van der Waals surface area (Å²) in [5, 5.41) is 51.7. The first-order chi connectivity index (χ1) is 47.1. The van der Waals surface area contributed by atoms with Gasteiger partial charge in [-0.3, -0.25) is 9.59 Å². The number of rotatable bonds is 77. The molecule has 1 rings (SSSR count). The van der Waals surface area contributed by atoms with Crippen LogP contribution in [0.4, 0.5) is 0 Å². The highest BCUT2D eigenvalue weighted by molar-refractivity contribution is 5.73. The Morgan fingerprint density at radius 2 is 0.615 bits per heavy atom. The van der Waals surface area contributed by atoms with E-state index < -0.39 is 48.7 Å². The lowest BCUT2D eigenvalue weighted by atomic mass is 9.91. The molecule has 8 unspecified atom stereocenters. The van der Waals surface area contributed by atoms with E-state index in [0.29, 0.717) is 19.3 Å². The van der Waals surface area contributed by atoms with E-state index in [-0.39, 0.29) is 18.7 Å². The van der Waals surface area contributed by atoms with Crippen LogP contribution in [0.1, 0.15) is 470 Å². The van der Waals surface area contributed by atoms with E-state index in [4.69, 9.17) is 14.2 Å². The third-order valence-electron chi connectivity index (χ3n) is 21.3. The molecule has 0 amide bonds. The van der Waals surface area contributed by atoms with Crippen molar-refractivity contribution in [1.29, 1.82) is 0 Å². The topological polar surface area (TPSA) is 163 Å². The summed E-state index contributed by atoms with van der Waals surface area (Å²) in [5.41, 5.74) is 0. The Morgan fingerprint density at radius 1 is 0.344 bits per heavy atom. The minimum absolute atomic E-state index is 0.0101. The van der Waals surface area contributed by atoms with Crippen LogP contribution in [0.15, 0.2) is 12.2 Å². The summed E-state index contributed by atoms with van der Waals surface area (Å²) in [7, 11) is 0. The van der Waals surface area contributed by atoms with Gasteiger partial charge >= 0.3 is 11.9 Å². The van der Waals surface area contributed by atoms with E-state index in [9.17, 15) is 35.1 Å². The van der Waals surface area contributed by atoms with Crippen molar-refractivity contribution in [3.05, 3.63) is 12.2 Å². The molecule has 0 aromatic heterocycles. The largest absolute Gasteiger partial charge is 0.463 e. The van der Waals surface area contributed by atoms with Gasteiger partial charge in [-0.15, -0.1) is 0 Å². The molecule has 10 nitrogen and oxygen atoms in total. The summed E-state index contributed by atoms with van der Waals surface area (Å²) in [5.74, 6) is -1.21. The Balaban J connectivity index is 1.97. The maximum absolute atomic E-state index is 13.4. The van der Waals surface area contributed by atoms with Gasteiger partial charge in [-0.25, -0.2) is 0 Å². The molecule has 1 heterocycles. The van der Waals surface area contributed by atoms with Gasteiger partial charge in [0, 0.05) is 6.42 Å². The Hall–Kier alpha value is -1.56. The Kier molecular flexibility index (Phi) is 70.5. The Morgan fingerprint density at radius 3 is 0.938 bits per heavy atom. The third-order valence-corrected chi connectivity index (χ3v) is 21.3. The molecule has 10 heteroatoms. The fourth-order valence-corrected chi connectivity index (χ4v) is 14.6. The van der Waals surface area contributed by atoms with Crippen LogP contribution in [0.5, 0.6) is 0 Å². The zero-order chi connectivity index (χ0) is 69.5. The number of allylic oxidation sites excluding steroid dienone is 2. The SMILES string of the molecule is CCCCCCCCCCCCCCCCCCCCCCCCCC(C(=O)OCC1OC(O)C(O)C(O)C1O)C(O)CCCCCCCCCCCCCCCCCC=CCCCCCCCCCCCCC(=O)OC(C)CCCCCCCCCCCCCCCCCC. The van der Waals surface area contributed by atoms with Crippen molar-refractivity contribution in [2.45, 2.75) is 513 Å². The second-order valence-electron chi connectivity index (χ2n) is 30.7. The van der Waals surface area contributed by atoms with Crippen LogP contribution in [0.25, 0.3) is 0 Å². The summed E-state index contributed by atoms with van der Waals surface area (Å²) in [4.78, 5) is 25.8. The highest BCUT2D eigenvalue weighted by Crippen LogP contribution is 2.26. The quantitative estimate of drug-likeness (QED) is 0.0225. The lowest BCUT2D eigenvalue weighted by molar-refractivity contribution is -0.287. The predicted octanol–water partition coefficient (Wildman–Crippen LogP) is 25.1. The molecule has 1 aliphatic heterocycles. The summed E-state index contributed by atoms with van der Waals surface area (Å²) in [6.45, 7) is 6.28. The molecule has 1 saturated heterocycles. The summed E-state index contributed by atoms with van der Waals surface area (Å²) >= 11 is 0. The molecular weight excluding hydrogens is 1190 g/mol. The van der Waals surface area contributed by atoms with Crippen molar-refractivity contribution in [3.8, 4) is 0 Å². The first-order valence-electron chi connectivity index (χ1n) is 43.2. The number of hydrogen-bond acceptors (Lipinski definition) is 10. The molecule has 1 fully saturated rings. The third kappa shape index (κ3) is 61.1. The molecule has 0 aliphatic carbocycles. The number of esters is 2. The highest BCUT2D eigenvalue weighted by atomic mass is 16.7. The number of aliphatic hydroxyl groups excluding tert-OH is 5. The van der Waals surface area contributed by atoms with Gasteiger partial charge in [0.05, 0.1) is 18.1 Å². The van der Waals surface area contributed by atoms with E-state index in [1.165, 1.54) is 372 Å². The molecule has 570 valence electrons. The van der Waals surface area contributed by atoms with Gasteiger partial charge in [-0.1, -0.05) is 411 Å². The number of carbonyl (C=O) groups excluding carboxylic acids is 2. The van der Waals surface area contributed by atoms with Crippen molar-refractivity contribution < 1.29 is 49.3 Å². The average Bonchev–Trinajstić information content (AvgIpc) is 0.848. The van der Waals surface area contributed by atoms with E-state index in [2.05, 4.69) is 32.9 Å². The van der Waals surface area contributed by atoms with Crippen molar-refractivity contribution >= 4 is 11.9 Å². The van der Waals surface area contributed by atoms with Gasteiger partial charge < -0.3 is 39.7 Å². The maximum atomic E-state index is 13.4. The smallest absolute Gasteiger partial charge is 0.311 e. The fourth-order valence-electron chi connectivity index (χ4n) is 14.6. The molecule has 1 aliphatic rings. The molecule has 0 bridgehead atoms. The van der Waals surface area contributed by atoms with Crippen LogP contribution in [0, 0.1) is 5.92 Å². The molecule has 96 heavy (non-hydrogen) atoms. The molecule has 0 aromatic carbocycles. The van der Waals surface area contributed by atoms with Gasteiger partial charge in [0.25, 0.3) is 0 Å². The summed E-state index contributed by atoms with van der Waals surface area (Å²) in [6.07, 6.45) is 85.9. The molecule has 8 atom stereocenters. The first kappa shape index (κ1) is 92.5. The van der Waals surface area contributed by atoms with Gasteiger partial charge in [0.1, 0.15) is 31.0 Å². The van der Waals surface area contributed by atoms with Gasteiger partial charge in [0.15, 0.2) is 6.29 Å². The normalized spacial score (nSPS) is 17.6. The predicted molar refractivity (Wildman–Crippen MR) is 409 cm³/mol. The summed E-state index contributed by atoms with van der Waals surface area (Å²) < 4.78 is 16.5. The van der Waals surface area contributed by atoms with Crippen LogP contribution < -0.4 is 0 Å². The average molecular weight is 1360 g/mol. The van der Waals surface area contributed by atoms with Crippen molar-refractivity contribution in [2.75, 3.05) is 6.61 Å². The van der Waals surface area contributed by atoms with Crippen molar-refractivity contribution in [3.63, 3.8) is 0 Å². The standard InChI is InChI=1S/C86H166O10/c1-4-6-8-10-12-14-16-18-20-22-23-24-32-35-38-41-45-49-53-57-61-65-69-73-78(85(92)94-76-80-82(89)83(90)84(91)86(93)96-80)79(87)74-70-66-62-58-54-50-46-42-39-36-33-30-28-26-25-27-29-31-34-37-40-43-47-51-55-59-63-67-71-75-81(88)95-77(3)72-68-64-60-56-52-48-44-21-19-17-15-13-11-9-7-5-2/h29,31,77-80,82-84,86-87,89-91,93H,4-28,30,32-76H2,1-3H3. The zero-order valence-electron chi connectivity index (χ0n) is 64.3. The van der Waals surface area contributed by atoms with Crippen LogP contribution in [0.2, 0.25) is 0 Å². The molecular formula is C86H166O10. The monoisotopic (exact) mass is 1360 g/mol. The summed E-state index contributed by atoms with van der Waals surface area (Å²) in [6, 6.07) is 0. The lowest BCUT2D eigenvalue weighted by Gasteiger charge is -2.38. The Labute approximate surface area is 596 Å². The minimum Gasteiger partial charge on any atom is -0.463 e. The van der Waals surface area contributed by atoms with E-state index >= 15 is 0 Å². The van der Waals surface area contributed by atoms with Gasteiger partial charge in [-0.2, -0.15) is 0 Å². The number of carbonyl (C=O) groups is 2. The lowest BCUT2D eigenvalue weighted by Crippen LogP contribution is -2.58. The van der Waals surface area contributed by atoms with E-state index in [0.717, 1.165) is 57.8 Å². The van der Waals surface area contributed by atoms with Crippen LogP contribution in [-0.4, -0.2) is 87.0 Å². The van der Waals surface area contributed by atoms with Crippen LogP contribution in [-0.2, 0) is 23.8 Å². The molecule has 0 spiro atoms. The molecule has 0 aromatic rings. The van der Waals surface area contributed by atoms with E-state index in [1.807, 2.05) is 0 Å². The van der Waals surface area contributed by atoms with Gasteiger partial charge in [0.2, 0.25) is 0 Å². The zero-order valence-corrected chi connectivity index (χ0v) is 64.3. The molecule has 0 saturated carbocycles. The second kappa shape index (κ2) is 73.2. The molecule has 5 N–H and O–H groups in total. The Bertz CT molecular complexity index is 1610. The van der Waals surface area contributed by atoms with Gasteiger partial charge in [-0.05, 0) is 64.7 Å².